The van der Waals surface area contributed by atoms with Gasteiger partial charge in [-0.15, -0.1) is 0 Å². The molecule has 2 atom stereocenters. The normalized spacial score (nSPS) is 17.9. The lowest BCUT2D eigenvalue weighted by Gasteiger charge is -2.29. The van der Waals surface area contributed by atoms with Crippen LogP contribution in [0.5, 0.6) is 0 Å². The van der Waals surface area contributed by atoms with Gasteiger partial charge in [-0.3, -0.25) is 9.59 Å². The molecule has 0 aromatic carbocycles. The Bertz CT molecular complexity index is 670. The molecule has 1 aliphatic heterocycles. The Morgan fingerprint density at radius 3 is 2.79 bits per heavy atom. The van der Waals surface area contributed by atoms with Crippen molar-refractivity contribution in [2.24, 2.45) is 0 Å². The standard InChI is InChI=1S/C18H29N5O5/c1-18(2,3)28-17(27)22-13(9-12-10-19-11-21-12)16(26)23-7-4-5-14(23)15(25)20-6-8-24/h10-11,13-14,24H,4-9H2,1-3H3,(H,19,21)(H,20,25)(H,22,27)/t13-,14-/m0/s1. The fourth-order valence-electron chi connectivity index (χ4n) is 3.07. The molecule has 1 saturated heterocycles. The molecule has 1 aromatic heterocycles. The molecule has 10 nitrogen and oxygen atoms in total. The molecule has 1 aromatic rings. The minimum absolute atomic E-state index is 0.130. The van der Waals surface area contributed by atoms with Crippen molar-refractivity contribution in [3.63, 3.8) is 0 Å². The van der Waals surface area contributed by atoms with E-state index in [2.05, 4.69) is 20.6 Å². The molecule has 0 spiro atoms. The number of imidazole rings is 1. The minimum Gasteiger partial charge on any atom is -0.444 e. The third kappa shape index (κ3) is 6.22. The zero-order valence-electron chi connectivity index (χ0n) is 16.5. The van der Waals surface area contributed by atoms with Crippen LogP contribution in [0.1, 0.15) is 39.3 Å². The van der Waals surface area contributed by atoms with Crippen molar-refractivity contribution in [2.45, 2.75) is 57.7 Å². The predicted molar refractivity (Wildman–Crippen MR) is 100 cm³/mol. The van der Waals surface area contributed by atoms with Gasteiger partial charge < -0.3 is 30.4 Å². The summed E-state index contributed by atoms with van der Waals surface area (Å²) in [7, 11) is 0. The molecule has 10 heteroatoms. The molecule has 0 bridgehead atoms. The molecule has 28 heavy (non-hydrogen) atoms. The Morgan fingerprint density at radius 1 is 1.43 bits per heavy atom. The molecule has 0 saturated carbocycles. The highest BCUT2D eigenvalue weighted by Crippen LogP contribution is 2.20. The van der Waals surface area contributed by atoms with Gasteiger partial charge in [0, 0.05) is 31.4 Å². The van der Waals surface area contributed by atoms with Crippen molar-refractivity contribution in [1.82, 2.24) is 25.5 Å². The van der Waals surface area contributed by atoms with Gasteiger partial charge in [0.2, 0.25) is 11.8 Å². The maximum Gasteiger partial charge on any atom is 0.408 e. The smallest absolute Gasteiger partial charge is 0.408 e. The van der Waals surface area contributed by atoms with Crippen LogP contribution in [0.15, 0.2) is 12.5 Å². The lowest BCUT2D eigenvalue weighted by molar-refractivity contribution is -0.140. The summed E-state index contributed by atoms with van der Waals surface area (Å²) >= 11 is 0. The first-order valence-corrected chi connectivity index (χ1v) is 9.37. The summed E-state index contributed by atoms with van der Waals surface area (Å²) in [6, 6.07) is -1.52. The summed E-state index contributed by atoms with van der Waals surface area (Å²) in [6.07, 6.45) is 3.78. The van der Waals surface area contributed by atoms with E-state index in [4.69, 9.17) is 9.84 Å². The van der Waals surface area contributed by atoms with E-state index in [-0.39, 0.29) is 31.4 Å². The molecule has 0 radical (unpaired) electrons. The van der Waals surface area contributed by atoms with Crippen LogP contribution in [-0.2, 0) is 20.7 Å². The molecule has 0 unspecified atom stereocenters. The number of ether oxygens (including phenoxy) is 1. The molecule has 2 heterocycles. The lowest BCUT2D eigenvalue weighted by atomic mass is 10.1. The number of carbonyl (C=O) groups excluding carboxylic acids is 3. The summed E-state index contributed by atoms with van der Waals surface area (Å²) < 4.78 is 5.27. The van der Waals surface area contributed by atoms with Crippen molar-refractivity contribution in [3.8, 4) is 0 Å². The molecule has 1 fully saturated rings. The Hall–Kier alpha value is -2.62. The van der Waals surface area contributed by atoms with E-state index in [1.54, 1.807) is 27.0 Å². The number of aromatic nitrogens is 2. The van der Waals surface area contributed by atoms with Gasteiger partial charge in [-0.25, -0.2) is 9.78 Å². The summed E-state index contributed by atoms with van der Waals surface area (Å²) in [6.45, 7) is 5.59. The van der Waals surface area contributed by atoms with Gasteiger partial charge in [0.25, 0.3) is 0 Å². The second kappa shape index (κ2) is 9.54. The number of nitrogens with one attached hydrogen (secondary N) is 3. The maximum absolute atomic E-state index is 13.2. The second-order valence-corrected chi connectivity index (χ2v) is 7.68. The number of nitrogens with zero attached hydrogens (tertiary/aromatic N) is 2. The first-order valence-electron chi connectivity index (χ1n) is 9.37. The number of alkyl carbamates (subject to hydrolysis) is 1. The summed E-state index contributed by atoms with van der Waals surface area (Å²) in [5.41, 5.74) is -0.0265. The number of hydrogen-bond donors (Lipinski definition) is 4. The quantitative estimate of drug-likeness (QED) is 0.511. The largest absolute Gasteiger partial charge is 0.444 e. The first kappa shape index (κ1) is 21.7. The van der Waals surface area contributed by atoms with Crippen LogP contribution < -0.4 is 10.6 Å². The van der Waals surface area contributed by atoms with Crippen LogP contribution in [0, 0.1) is 0 Å². The lowest BCUT2D eigenvalue weighted by Crippen LogP contribution is -2.54. The van der Waals surface area contributed by atoms with Crippen LogP contribution in [0.4, 0.5) is 4.79 Å². The second-order valence-electron chi connectivity index (χ2n) is 7.68. The first-order chi connectivity index (χ1) is 13.2. The van der Waals surface area contributed by atoms with Gasteiger partial charge in [0.1, 0.15) is 17.7 Å². The van der Waals surface area contributed by atoms with E-state index in [9.17, 15) is 14.4 Å². The number of aromatic amines is 1. The van der Waals surface area contributed by atoms with E-state index in [0.29, 0.717) is 25.1 Å². The molecule has 3 amide bonds. The van der Waals surface area contributed by atoms with E-state index in [0.717, 1.165) is 0 Å². The molecule has 0 aliphatic carbocycles. The highest BCUT2D eigenvalue weighted by Gasteiger charge is 2.38. The van der Waals surface area contributed by atoms with Gasteiger partial charge in [-0.05, 0) is 33.6 Å². The number of H-pyrrole nitrogens is 1. The third-order valence-electron chi connectivity index (χ3n) is 4.22. The number of likely N-dealkylation sites (tertiary alicyclic amines) is 1. The monoisotopic (exact) mass is 395 g/mol. The number of amides is 3. The minimum atomic E-state index is -0.901. The van der Waals surface area contributed by atoms with Crippen molar-refractivity contribution < 1.29 is 24.2 Å². The van der Waals surface area contributed by atoms with E-state index >= 15 is 0 Å². The zero-order valence-corrected chi connectivity index (χ0v) is 16.5. The van der Waals surface area contributed by atoms with Crippen molar-refractivity contribution in [2.75, 3.05) is 19.7 Å². The fraction of sp³-hybridized carbons (Fsp3) is 0.667. The average Bonchev–Trinajstić information content (AvgIpc) is 3.28. The van der Waals surface area contributed by atoms with Gasteiger partial charge in [0.15, 0.2) is 0 Å². The number of aliphatic hydroxyl groups excluding tert-OH is 1. The van der Waals surface area contributed by atoms with Gasteiger partial charge >= 0.3 is 6.09 Å². The highest BCUT2D eigenvalue weighted by atomic mass is 16.6. The Kier molecular flexibility index (Phi) is 7.38. The number of carbonyl (C=O) groups is 3. The fourth-order valence-corrected chi connectivity index (χ4v) is 3.07. The SMILES string of the molecule is CC(C)(C)OC(=O)N[C@@H](Cc1cnc[nH]1)C(=O)N1CCC[C@H]1C(=O)NCCO. The van der Waals surface area contributed by atoms with Crippen LogP contribution in [-0.4, -0.2) is 75.3 Å². The number of hydrogen-bond acceptors (Lipinski definition) is 6. The van der Waals surface area contributed by atoms with Gasteiger partial charge in [-0.2, -0.15) is 0 Å². The summed E-state index contributed by atoms with van der Waals surface area (Å²) in [5.74, 6) is -0.667. The van der Waals surface area contributed by atoms with E-state index in [1.165, 1.54) is 11.2 Å². The third-order valence-corrected chi connectivity index (χ3v) is 4.22. The van der Waals surface area contributed by atoms with Crippen LogP contribution >= 0.6 is 0 Å². The molecule has 4 N–H and O–H groups in total. The van der Waals surface area contributed by atoms with Crippen molar-refractivity contribution >= 4 is 17.9 Å². The Balaban J connectivity index is 2.12. The number of rotatable bonds is 7. The van der Waals surface area contributed by atoms with Gasteiger partial charge in [-0.1, -0.05) is 0 Å². The van der Waals surface area contributed by atoms with Crippen LogP contribution in [0.25, 0.3) is 0 Å². The molecular weight excluding hydrogens is 366 g/mol. The Morgan fingerprint density at radius 2 is 2.18 bits per heavy atom. The molecule has 156 valence electrons. The van der Waals surface area contributed by atoms with Gasteiger partial charge in [0.05, 0.1) is 12.9 Å². The maximum atomic E-state index is 13.2. The van der Waals surface area contributed by atoms with Crippen LogP contribution in [0.2, 0.25) is 0 Å². The van der Waals surface area contributed by atoms with Crippen molar-refractivity contribution in [1.29, 1.82) is 0 Å². The Labute approximate surface area is 164 Å². The van der Waals surface area contributed by atoms with E-state index in [1.807, 2.05) is 0 Å². The highest BCUT2D eigenvalue weighted by molar-refractivity contribution is 5.92. The van der Waals surface area contributed by atoms with Crippen molar-refractivity contribution in [3.05, 3.63) is 18.2 Å². The average molecular weight is 395 g/mol. The molecule has 1 aliphatic rings. The predicted octanol–water partition coefficient (Wildman–Crippen LogP) is -0.0550. The van der Waals surface area contributed by atoms with Crippen LogP contribution in [0.3, 0.4) is 0 Å². The molecule has 2 rings (SSSR count). The zero-order chi connectivity index (χ0) is 20.7. The summed E-state index contributed by atoms with van der Waals surface area (Å²) in [4.78, 5) is 46.0. The molecular formula is C18H29N5O5. The number of aliphatic hydroxyl groups is 1. The van der Waals surface area contributed by atoms with E-state index < -0.39 is 23.8 Å². The topological polar surface area (TPSA) is 137 Å². The summed E-state index contributed by atoms with van der Waals surface area (Å²) in [5, 5.41) is 14.1.